The molecule has 0 aliphatic heterocycles. The number of aromatic hydroxyl groups is 1. The molecule has 1 aromatic carbocycles. The van der Waals surface area contributed by atoms with Crippen LogP contribution in [0, 0.1) is 0 Å². The van der Waals surface area contributed by atoms with E-state index in [2.05, 4.69) is 12.2 Å². The summed E-state index contributed by atoms with van der Waals surface area (Å²) in [5.41, 5.74) is 1.90. The van der Waals surface area contributed by atoms with E-state index in [-0.39, 0.29) is 5.75 Å². The Morgan fingerprint density at radius 3 is 2.81 bits per heavy atom. The lowest BCUT2D eigenvalue weighted by atomic mass is 10.1. The van der Waals surface area contributed by atoms with E-state index in [4.69, 9.17) is 4.42 Å². The first-order valence-corrected chi connectivity index (χ1v) is 5.38. The van der Waals surface area contributed by atoms with Crippen LogP contribution in [0.2, 0.25) is 0 Å². The maximum absolute atomic E-state index is 9.76. The standard InChI is InChI=1S/C13H15NO2/c1-2-10-5-3-7-12(15)13(10)14-9-11-6-4-8-16-11/h3-8,14-15H,2,9H2,1H3. The van der Waals surface area contributed by atoms with Crippen molar-refractivity contribution < 1.29 is 9.52 Å². The third-order valence-electron chi connectivity index (χ3n) is 2.53. The molecular weight excluding hydrogens is 202 g/mol. The molecule has 0 amide bonds. The number of phenolic OH excluding ortho intramolecular Hbond substituents is 1. The molecule has 16 heavy (non-hydrogen) atoms. The van der Waals surface area contributed by atoms with Gasteiger partial charge in [-0.2, -0.15) is 0 Å². The molecule has 3 nitrogen and oxygen atoms in total. The van der Waals surface area contributed by atoms with E-state index >= 15 is 0 Å². The third-order valence-corrected chi connectivity index (χ3v) is 2.53. The van der Waals surface area contributed by atoms with Crippen LogP contribution in [0.15, 0.2) is 41.0 Å². The quantitative estimate of drug-likeness (QED) is 0.773. The summed E-state index contributed by atoms with van der Waals surface area (Å²) in [5.74, 6) is 1.14. The molecule has 1 aromatic heterocycles. The number of hydrogen-bond acceptors (Lipinski definition) is 3. The Morgan fingerprint density at radius 2 is 2.12 bits per heavy atom. The van der Waals surface area contributed by atoms with Crippen molar-refractivity contribution in [3.05, 3.63) is 47.9 Å². The van der Waals surface area contributed by atoms with Gasteiger partial charge in [0.25, 0.3) is 0 Å². The van der Waals surface area contributed by atoms with Crippen LogP contribution in [0.1, 0.15) is 18.2 Å². The van der Waals surface area contributed by atoms with Gasteiger partial charge in [0.2, 0.25) is 0 Å². The van der Waals surface area contributed by atoms with Crippen LogP contribution in [0.3, 0.4) is 0 Å². The lowest BCUT2D eigenvalue weighted by molar-refractivity contribution is 0.475. The van der Waals surface area contributed by atoms with E-state index in [0.29, 0.717) is 6.54 Å². The molecule has 0 aliphatic rings. The lowest BCUT2D eigenvalue weighted by Crippen LogP contribution is -2.01. The summed E-state index contributed by atoms with van der Waals surface area (Å²) in [4.78, 5) is 0. The molecule has 2 rings (SSSR count). The number of phenols is 1. The van der Waals surface area contributed by atoms with Crippen molar-refractivity contribution in [3.63, 3.8) is 0 Å². The van der Waals surface area contributed by atoms with Gasteiger partial charge in [0, 0.05) is 0 Å². The normalized spacial score (nSPS) is 10.3. The Balaban J connectivity index is 2.14. The van der Waals surface area contributed by atoms with Gasteiger partial charge in [0.05, 0.1) is 18.5 Å². The molecule has 3 heteroatoms. The summed E-state index contributed by atoms with van der Waals surface area (Å²) >= 11 is 0. The van der Waals surface area contributed by atoms with Crippen molar-refractivity contribution in [3.8, 4) is 5.75 Å². The van der Waals surface area contributed by atoms with Gasteiger partial charge in [-0.05, 0) is 30.2 Å². The predicted octanol–water partition coefficient (Wildman–Crippen LogP) is 3.16. The van der Waals surface area contributed by atoms with Gasteiger partial charge in [0.15, 0.2) is 0 Å². The number of hydrogen-bond donors (Lipinski definition) is 2. The van der Waals surface area contributed by atoms with Crippen molar-refractivity contribution >= 4 is 5.69 Å². The molecule has 0 saturated heterocycles. The Morgan fingerprint density at radius 1 is 1.25 bits per heavy atom. The fraction of sp³-hybridized carbons (Fsp3) is 0.231. The third kappa shape index (κ3) is 2.19. The van der Waals surface area contributed by atoms with Crippen molar-refractivity contribution in [2.75, 3.05) is 5.32 Å². The molecule has 84 valence electrons. The second-order valence-electron chi connectivity index (χ2n) is 3.60. The Bertz CT molecular complexity index is 449. The molecule has 2 aromatic rings. The highest BCUT2D eigenvalue weighted by molar-refractivity contribution is 5.61. The van der Waals surface area contributed by atoms with Gasteiger partial charge in [-0.1, -0.05) is 19.1 Å². The smallest absolute Gasteiger partial charge is 0.138 e. The lowest BCUT2D eigenvalue weighted by Gasteiger charge is -2.11. The van der Waals surface area contributed by atoms with Gasteiger partial charge >= 0.3 is 0 Å². The highest BCUT2D eigenvalue weighted by atomic mass is 16.3. The second kappa shape index (κ2) is 4.75. The first-order chi connectivity index (χ1) is 7.81. The number of benzene rings is 1. The molecule has 0 saturated carbocycles. The Kier molecular flexibility index (Phi) is 3.15. The van der Waals surface area contributed by atoms with E-state index in [9.17, 15) is 5.11 Å². The van der Waals surface area contributed by atoms with Crippen LogP contribution in [0.25, 0.3) is 0 Å². The summed E-state index contributed by atoms with van der Waals surface area (Å²) in [5, 5.41) is 12.9. The van der Waals surface area contributed by atoms with E-state index in [1.807, 2.05) is 24.3 Å². The minimum atomic E-state index is 0.283. The van der Waals surface area contributed by atoms with Crippen molar-refractivity contribution in [1.82, 2.24) is 0 Å². The maximum Gasteiger partial charge on any atom is 0.138 e. The number of para-hydroxylation sites is 1. The van der Waals surface area contributed by atoms with E-state index in [1.165, 1.54) is 0 Å². The number of aryl methyl sites for hydroxylation is 1. The Hall–Kier alpha value is -1.90. The van der Waals surface area contributed by atoms with Crippen LogP contribution in [-0.4, -0.2) is 5.11 Å². The zero-order valence-electron chi connectivity index (χ0n) is 9.23. The predicted molar refractivity (Wildman–Crippen MR) is 63.5 cm³/mol. The summed E-state index contributed by atoms with van der Waals surface area (Å²) < 4.78 is 5.22. The van der Waals surface area contributed by atoms with E-state index < -0.39 is 0 Å². The fourth-order valence-corrected chi connectivity index (χ4v) is 1.67. The highest BCUT2D eigenvalue weighted by Gasteiger charge is 2.06. The summed E-state index contributed by atoms with van der Waals surface area (Å²) in [6, 6.07) is 9.29. The highest BCUT2D eigenvalue weighted by Crippen LogP contribution is 2.28. The van der Waals surface area contributed by atoms with Gasteiger partial charge in [-0.3, -0.25) is 0 Å². The SMILES string of the molecule is CCc1cccc(O)c1NCc1ccco1. The van der Waals surface area contributed by atoms with Crippen LogP contribution in [-0.2, 0) is 13.0 Å². The van der Waals surface area contributed by atoms with Crippen molar-refractivity contribution in [2.45, 2.75) is 19.9 Å². The zero-order chi connectivity index (χ0) is 11.4. The van der Waals surface area contributed by atoms with Crippen LogP contribution >= 0.6 is 0 Å². The first kappa shape index (κ1) is 10.6. The molecule has 0 aliphatic carbocycles. The molecule has 0 unspecified atom stereocenters. The number of furan rings is 1. The van der Waals surface area contributed by atoms with Crippen LogP contribution in [0.4, 0.5) is 5.69 Å². The minimum Gasteiger partial charge on any atom is -0.506 e. The van der Waals surface area contributed by atoms with Gasteiger partial charge in [0.1, 0.15) is 11.5 Å². The molecule has 0 bridgehead atoms. The maximum atomic E-state index is 9.76. The topological polar surface area (TPSA) is 45.4 Å². The van der Waals surface area contributed by atoms with E-state index in [1.54, 1.807) is 12.3 Å². The molecular formula is C13H15NO2. The molecule has 0 atom stereocenters. The first-order valence-electron chi connectivity index (χ1n) is 5.38. The van der Waals surface area contributed by atoms with Crippen molar-refractivity contribution in [2.24, 2.45) is 0 Å². The largest absolute Gasteiger partial charge is 0.506 e. The van der Waals surface area contributed by atoms with Gasteiger partial charge in [-0.15, -0.1) is 0 Å². The molecule has 0 fully saturated rings. The summed E-state index contributed by atoms with van der Waals surface area (Å²) in [6.07, 6.45) is 2.53. The number of anilines is 1. The number of nitrogens with one attached hydrogen (secondary N) is 1. The van der Waals surface area contributed by atoms with E-state index in [0.717, 1.165) is 23.4 Å². The van der Waals surface area contributed by atoms with Crippen molar-refractivity contribution in [1.29, 1.82) is 0 Å². The summed E-state index contributed by atoms with van der Waals surface area (Å²) in [7, 11) is 0. The molecule has 0 spiro atoms. The number of rotatable bonds is 4. The average Bonchev–Trinajstić information content (AvgIpc) is 2.80. The van der Waals surface area contributed by atoms with Gasteiger partial charge in [-0.25, -0.2) is 0 Å². The zero-order valence-corrected chi connectivity index (χ0v) is 9.23. The molecule has 2 N–H and O–H groups in total. The van der Waals surface area contributed by atoms with Crippen LogP contribution < -0.4 is 5.32 Å². The monoisotopic (exact) mass is 217 g/mol. The second-order valence-corrected chi connectivity index (χ2v) is 3.60. The van der Waals surface area contributed by atoms with Gasteiger partial charge < -0.3 is 14.8 Å². The summed E-state index contributed by atoms with van der Waals surface area (Å²) in [6.45, 7) is 2.64. The molecule has 1 heterocycles. The van der Waals surface area contributed by atoms with Crippen LogP contribution in [0.5, 0.6) is 5.75 Å². The molecule has 0 radical (unpaired) electrons. The minimum absolute atomic E-state index is 0.283. The fourth-order valence-electron chi connectivity index (χ4n) is 1.67. The Labute approximate surface area is 94.7 Å². The average molecular weight is 217 g/mol.